The maximum absolute atomic E-state index is 12.8. The molecule has 1 aliphatic carbocycles. The molecule has 148 valence electrons. The van der Waals surface area contributed by atoms with Crippen molar-refractivity contribution in [1.29, 1.82) is 0 Å². The Kier molecular flexibility index (Phi) is 5.31. The highest BCUT2D eigenvalue weighted by atomic mass is 19.4. The number of amides is 2. The van der Waals surface area contributed by atoms with Crippen LogP contribution in [-0.4, -0.2) is 18.9 Å². The van der Waals surface area contributed by atoms with Gasteiger partial charge < -0.3 is 15.4 Å². The highest BCUT2D eigenvalue weighted by molar-refractivity contribution is 6.13. The number of benzene rings is 2. The van der Waals surface area contributed by atoms with Crippen molar-refractivity contribution < 1.29 is 27.5 Å². The van der Waals surface area contributed by atoms with Crippen molar-refractivity contribution in [1.82, 2.24) is 5.32 Å². The summed E-state index contributed by atoms with van der Waals surface area (Å²) in [6.07, 6.45) is -3.82. The third-order valence-electron chi connectivity index (χ3n) is 4.70. The van der Waals surface area contributed by atoms with E-state index < -0.39 is 29.0 Å². The first-order valence-corrected chi connectivity index (χ1v) is 8.65. The summed E-state index contributed by atoms with van der Waals surface area (Å²) >= 11 is 0. The summed E-state index contributed by atoms with van der Waals surface area (Å²) in [4.78, 5) is 25.1. The molecule has 0 aromatic heterocycles. The molecule has 0 atom stereocenters. The lowest BCUT2D eigenvalue weighted by Crippen LogP contribution is -2.39. The largest absolute Gasteiger partial charge is 0.496 e. The van der Waals surface area contributed by atoms with Crippen LogP contribution in [0.3, 0.4) is 0 Å². The van der Waals surface area contributed by atoms with Crippen molar-refractivity contribution in [2.24, 2.45) is 5.41 Å². The fourth-order valence-corrected chi connectivity index (χ4v) is 2.90. The summed E-state index contributed by atoms with van der Waals surface area (Å²) in [6.45, 7) is 0.182. The van der Waals surface area contributed by atoms with Crippen LogP contribution >= 0.6 is 0 Å². The van der Waals surface area contributed by atoms with Crippen LogP contribution in [0, 0.1) is 5.41 Å². The van der Waals surface area contributed by atoms with Gasteiger partial charge in [-0.15, -0.1) is 0 Å². The van der Waals surface area contributed by atoms with E-state index in [-0.39, 0.29) is 12.2 Å². The zero-order valence-corrected chi connectivity index (χ0v) is 15.1. The topological polar surface area (TPSA) is 67.4 Å². The van der Waals surface area contributed by atoms with Crippen LogP contribution in [0.1, 0.15) is 24.0 Å². The Labute approximate surface area is 159 Å². The van der Waals surface area contributed by atoms with Crippen LogP contribution in [-0.2, 0) is 22.3 Å². The van der Waals surface area contributed by atoms with E-state index in [4.69, 9.17) is 4.74 Å². The van der Waals surface area contributed by atoms with E-state index >= 15 is 0 Å². The zero-order chi connectivity index (χ0) is 20.4. The van der Waals surface area contributed by atoms with Crippen molar-refractivity contribution in [3.05, 3.63) is 59.7 Å². The maximum Gasteiger partial charge on any atom is 0.416 e. The molecule has 2 amide bonds. The molecule has 0 bridgehead atoms. The minimum Gasteiger partial charge on any atom is -0.496 e. The van der Waals surface area contributed by atoms with Crippen molar-refractivity contribution in [2.75, 3.05) is 12.4 Å². The summed E-state index contributed by atoms with van der Waals surface area (Å²) in [6, 6.07) is 11.5. The molecule has 2 aromatic carbocycles. The highest BCUT2D eigenvalue weighted by Crippen LogP contribution is 2.47. The number of alkyl halides is 3. The highest BCUT2D eigenvalue weighted by Gasteiger charge is 2.56. The van der Waals surface area contributed by atoms with E-state index in [0.717, 1.165) is 17.7 Å². The van der Waals surface area contributed by atoms with Crippen LogP contribution < -0.4 is 15.4 Å². The van der Waals surface area contributed by atoms with Gasteiger partial charge in [0.25, 0.3) is 0 Å². The Hall–Kier alpha value is -3.03. The third kappa shape index (κ3) is 4.11. The van der Waals surface area contributed by atoms with Gasteiger partial charge in [-0.05, 0) is 37.1 Å². The van der Waals surface area contributed by atoms with Gasteiger partial charge in [0.2, 0.25) is 11.8 Å². The van der Waals surface area contributed by atoms with Crippen LogP contribution in [0.5, 0.6) is 5.75 Å². The predicted octanol–water partition coefficient (Wildman–Crippen LogP) is 3.75. The Morgan fingerprint density at radius 3 is 2.43 bits per heavy atom. The van der Waals surface area contributed by atoms with E-state index in [1.807, 2.05) is 0 Å². The number of hydrogen-bond donors (Lipinski definition) is 2. The average Bonchev–Trinajstić information content (AvgIpc) is 3.48. The molecule has 0 aliphatic heterocycles. The molecular weight excluding hydrogens is 373 g/mol. The van der Waals surface area contributed by atoms with E-state index in [2.05, 4.69) is 10.6 Å². The molecule has 0 heterocycles. The molecule has 2 N–H and O–H groups in total. The first kappa shape index (κ1) is 19.7. The molecular formula is C20H19F3N2O3. The first-order valence-electron chi connectivity index (χ1n) is 8.65. The van der Waals surface area contributed by atoms with E-state index in [1.54, 1.807) is 24.3 Å². The minimum atomic E-state index is -4.51. The van der Waals surface area contributed by atoms with Gasteiger partial charge in [-0.25, -0.2) is 0 Å². The van der Waals surface area contributed by atoms with Gasteiger partial charge in [0.05, 0.1) is 12.7 Å². The van der Waals surface area contributed by atoms with Gasteiger partial charge >= 0.3 is 6.18 Å². The number of hydrogen-bond acceptors (Lipinski definition) is 3. The number of rotatable bonds is 6. The molecule has 1 fully saturated rings. The van der Waals surface area contributed by atoms with Gasteiger partial charge in [-0.3, -0.25) is 9.59 Å². The monoisotopic (exact) mass is 392 g/mol. The molecule has 0 unspecified atom stereocenters. The molecule has 0 saturated heterocycles. The van der Waals surface area contributed by atoms with E-state index in [0.29, 0.717) is 18.6 Å². The second-order valence-electron chi connectivity index (χ2n) is 6.61. The van der Waals surface area contributed by atoms with Crippen LogP contribution in [0.15, 0.2) is 48.5 Å². The van der Waals surface area contributed by atoms with Gasteiger partial charge in [0.15, 0.2) is 0 Å². The number of ether oxygens (including phenoxy) is 1. The SMILES string of the molecule is COc1ccccc1CNC(=O)C1(C(=O)Nc2cccc(C(F)(F)F)c2)CC1. The first-order chi connectivity index (χ1) is 13.3. The molecule has 1 aliphatic rings. The minimum absolute atomic E-state index is 0.00336. The molecule has 3 rings (SSSR count). The van der Waals surface area contributed by atoms with Crippen molar-refractivity contribution in [3.8, 4) is 5.75 Å². The Balaban J connectivity index is 1.66. The molecule has 1 saturated carbocycles. The third-order valence-corrected chi connectivity index (χ3v) is 4.70. The van der Waals surface area contributed by atoms with E-state index in [1.165, 1.54) is 19.2 Å². The molecule has 0 radical (unpaired) electrons. The van der Waals surface area contributed by atoms with Gasteiger partial charge in [0, 0.05) is 17.8 Å². The fourth-order valence-electron chi connectivity index (χ4n) is 2.90. The normalized spacial score (nSPS) is 14.9. The predicted molar refractivity (Wildman–Crippen MR) is 96.6 cm³/mol. The number of anilines is 1. The lowest BCUT2D eigenvalue weighted by molar-refractivity contribution is -0.138. The van der Waals surface area contributed by atoms with Crippen molar-refractivity contribution in [3.63, 3.8) is 0 Å². The summed E-state index contributed by atoms with van der Waals surface area (Å²) in [5, 5.41) is 5.15. The number of halogens is 3. The summed E-state index contributed by atoms with van der Waals surface area (Å²) in [5.41, 5.74) is -1.36. The quantitative estimate of drug-likeness (QED) is 0.736. The number of para-hydroxylation sites is 1. The van der Waals surface area contributed by atoms with Gasteiger partial charge in [-0.1, -0.05) is 24.3 Å². The summed E-state index contributed by atoms with van der Waals surface area (Å²) < 4.78 is 43.7. The number of carbonyl (C=O) groups is 2. The standard InChI is InChI=1S/C20H19F3N2O3/c1-28-16-8-3-2-5-13(16)12-24-17(26)19(9-10-19)18(27)25-15-7-4-6-14(11-15)20(21,22)23/h2-8,11H,9-10,12H2,1H3,(H,24,26)(H,25,27). The zero-order valence-electron chi connectivity index (χ0n) is 15.1. The second kappa shape index (κ2) is 7.53. The number of nitrogens with one attached hydrogen (secondary N) is 2. The Bertz CT molecular complexity index is 892. The lowest BCUT2D eigenvalue weighted by Gasteiger charge is -2.17. The van der Waals surface area contributed by atoms with Crippen LogP contribution in [0.25, 0.3) is 0 Å². The molecule has 28 heavy (non-hydrogen) atoms. The van der Waals surface area contributed by atoms with Crippen LogP contribution in [0.4, 0.5) is 18.9 Å². The Morgan fingerprint density at radius 1 is 1.07 bits per heavy atom. The van der Waals surface area contributed by atoms with Gasteiger partial charge in [-0.2, -0.15) is 13.2 Å². The smallest absolute Gasteiger partial charge is 0.416 e. The Morgan fingerprint density at radius 2 is 1.79 bits per heavy atom. The van der Waals surface area contributed by atoms with Gasteiger partial charge in [0.1, 0.15) is 11.2 Å². The summed E-state index contributed by atoms with van der Waals surface area (Å²) in [5.74, 6) is -0.451. The summed E-state index contributed by atoms with van der Waals surface area (Å²) in [7, 11) is 1.52. The lowest BCUT2D eigenvalue weighted by atomic mass is 10.0. The van der Waals surface area contributed by atoms with Crippen molar-refractivity contribution >= 4 is 17.5 Å². The molecule has 8 heteroatoms. The average molecular weight is 392 g/mol. The second-order valence-corrected chi connectivity index (χ2v) is 6.61. The number of carbonyl (C=O) groups excluding carboxylic acids is 2. The maximum atomic E-state index is 12.8. The van der Waals surface area contributed by atoms with Crippen molar-refractivity contribution in [2.45, 2.75) is 25.6 Å². The fraction of sp³-hybridized carbons (Fsp3) is 0.300. The van der Waals surface area contributed by atoms with Crippen LogP contribution in [0.2, 0.25) is 0 Å². The molecule has 0 spiro atoms. The molecule has 2 aromatic rings. The van der Waals surface area contributed by atoms with E-state index in [9.17, 15) is 22.8 Å². The number of methoxy groups -OCH3 is 1. The molecule has 5 nitrogen and oxygen atoms in total.